The second-order valence-corrected chi connectivity index (χ2v) is 8.78. The van der Waals surface area contributed by atoms with E-state index >= 15 is 0 Å². The summed E-state index contributed by atoms with van der Waals surface area (Å²) in [6.07, 6.45) is 6.32. The third-order valence-electron chi connectivity index (χ3n) is 6.34. The maximum Gasteiger partial charge on any atom is 0.346 e. The minimum absolute atomic E-state index is 0.0219. The van der Waals surface area contributed by atoms with Gasteiger partial charge in [0.05, 0.1) is 12.6 Å². The van der Waals surface area contributed by atoms with Crippen molar-refractivity contribution in [2.45, 2.75) is 71.9 Å². The number of rotatable bonds is 11. The average Bonchev–Trinajstić information content (AvgIpc) is 3.51. The lowest BCUT2D eigenvalue weighted by atomic mass is 9.98. The van der Waals surface area contributed by atoms with Crippen LogP contribution in [0.4, 0.5) is 0 Å². The Hall–Kier alpha value is -3.55. The van der Waals surface area contributed by atoms with Crippen LogP contribution in [0.1, 0.15) is 70.3 Å². The fourth-order valence-electron chi connectivity index (χ4n) is 4.15. The van der Waals surface area contributed by atoms with Crippen molar-refractivity contribution in [3.63, 3.8) is 0 Å². The third kappa shape index (κ3) is 5.16. The SMILES string of the molecule is CCCCCCc1nn(C(C)CC)c(=O)n1Cc1ccc(-c2ccccc2-c2nn[nH]n2)cc1. The van der Waals surface area contributed by atoms with Crippen molar-refractivity contribution < 1.29 is 0 Å². The molecule has 2 heterocycles. The van der Waals surface area contributed by atoms with Gasteiger partial charge >= 0.3 is 5.69 Å². The van der Waals surface area contributed by atoms with Crippen molar-refractivity contribution in [1.29, 1.82) is 0 Å². The van der Waals surface area contributed by atoms with Gasteiger partial charge in [0.1, 0.15) is 5.82 Å². The summed E-state index contributed by atoms with van der Waals surface area (Å²) in [6.45, 7) is 6.86. The van der Waals surface area contributed by atoms with E-state index in [1.54, 1.807) is 4.68 Å². The van der Waals surface area contributed by atoms with Gasteiger partial charge in [-0.05, 0) is 41.7 Å². The summed E-state index contributed by atoms with van der Waals surface area (Å²) in [5, 5.41) is 19.2. The number of nitrogens with one attached hydrogen (secondary N) is 1. The Labute approximate surface area is 200 Å². The Bertz CT molecular complexity index is 1240. The third-order valence-corrected chi connectivity index (χ3v) is 6.34. The van der Waals surface area contributed by atoms with E-state index in [1.807, 2.05) is 22.8 Å². The molecular weight excluding hydrogens is 426 g/mol. The highest BCUT2D eigenvalue weighted by Gasteiger charge is 2.17. The number of hydrogen-bond donors (Lipinski definition) is 1. The molecule has 34 heavy (non-hydrogen) atoms. The molecular formula is C26H33N7O. The van der Waals surface area contributed by atoms with E-state index in [0.717, 1.165) is 53.8 Å². The molecule has 0 bridgehead atoms. The highest BCUT2D eigenvalue weighted by molar-refractivity contribution is 5.80. The second kappa shape index (κ2) is 11.0. The number of aryl methyl sites for hydroxylation is 1. The Morgan fingerprint density at radius 3 is 2.41 bits per heavy atom. The van der Waals surface area contributed by atoms with E-state index < -0.39 is 0 Å². The number of unbranched alkanes of at least 4 members (excludes halogenated alkanes) is 3. The molecule has 0 aliphatic carbocycles. The lowest BCUT2D eigenvalue weighted by Gasteiger charge is -2.09. The summed E-state index contributed by atoms with van der Waals surface area (Å²) in [4.78, 5) is 13.2. The van der Waals surface area contributed by atoms with Crippen LogP contribution >= 0.6 is 0 Å². The van der Waals surface area contributed by atoms with E-state index in [2.05, 4.69) is 71.7 Å². The Balaban J connectivity index is 1.59. The van der Waals surface area contributed by atoms with Crippen LogP contribution in [0, 0.1) is 0 Å². The molecule has 8 heteroatoms. The number of tetrazole rings is 1. The van der Waals surface area contributed by atoms with Crippen LogP contribution < -0.4 is 5.69 Å². The standard InChI is InChI=1S/C26H33N7O/c1-4-6-7-8-13-24-29-33(19(3)5-2)26(34)32(24)18-20-14-16-21(17-15-20)22-11-9-10-12-23(22)25-27-30-31-28-25/h9-12,14-17,19H,4-8,13,18H2,1-3H3,(H,27,28,30,31). The number of nitrogens with zero attached hydrogens (tertiary/aromatic N) is 6. The molecule has 178 valence electrons. The van der Waals surface area contributed by atoms with Gasteiger partial charge in [0.15, 0.2) is 0 Å². The van der Waals surface area contributed by atoms with Crippen LogP contribution in [0.2, 0.25) is 0 Å². The van der Waals surface area contributed by atoms with Crippen LogP contribution in [0.25, 0.3) is 22.5 Å². The van der Waals surface area contributed by atoms with Gasteiger partial charge in [-0.2, -0.15) is 10.3 Å². The first-order valence-electron chi connectivity index (χ1n) is 12.2. The first-order chi connectivity index (χ1) is 16.6. The zero-order chi connectivity index (χ0) is 23.9. The first kappa shape index (κ1) is 23.6. The van der Waals surface area contributed by atoms with Crippen LogP contribution in [0.5, 0.6) is 0 Å². The van der Waals surface area contributed by atoms with Crippen LogP contribution in [0.15, 0.2) is 53.3 Å². The van der Waals surface area contributed by atoms with Crippen LogP contribution in [0.3, 0.4) is 0 Å². The Kier molecular flexibility index (Phi) is 7.67. The highest BCUT2D eigenvalue weighted by atomic mass is 16.2. The fourth-order valence-corrected chi connectivity index (χ4v) is 4.15. The lowest BCUT2D eigenvalue weighted by Crippen LogP contribution is -2.27. The normalized spacial score (nSPS) is 12.2. The van der Waals surface area contributed by atoms with E-state index in [0.29, 0.717) is 12.4 Å². The highest BCUT2D eigenvalue weighted by Crippen LogP contribution is 2.29. The van der Waals surface area contributed by atoms with Crippen molar-refractivity contribution in [3.8, 4) is 22.5 Å². The summed E-state index contributed by atoms with van der Waals surface area (Å²) < 4.78 is 3.51. The predicted molar refractivity (Wildman–Crippen MR) is 133 cm³/mol. The summed E-state index contributed by atoms with van der Waals surface area (Å²) in [5.41, 5.74) is 4.07. The van der Waals surface area contributed by atoms with Gasteiger partial charge in [0.2, 0.25) is 5.82 Å². The molecule has 1 unspecified atom stereocenters. The summed E-state index contributed by atoms with van der Waals surface area (Å²) in [7, 11) is 0. The van der Waals surface area contributed by atoms with Crippen molar-refractivity contribution in [3.05, 3.63) is 70.4 Å². The smallest absolute Gasteiger partial charge is 0.274 e. The molecule has 4 aromatic rings. The van der Waals surface area contributed by atoms with E-state index in [4.69, 9.17) is 5.10 Å². The number of hydrogen-bond acceptors (Lipinski definition) is 5. The Morgan fingerprint density at radius 1 is 0.971 bits per heavy atom. The molecule has 0 amide bonds. The average molecular weight is 460 g/mol. The van der Waals surface area contributed by atoms with Gasteiger partial charge in [-0.1, -0.05) is 81.6 Å². The van der Waals surface area contributed by atoms with Crippen LogP contribution in [-0.4, -0.2) is 35.0 Å². The molecule has 0 saturated carbocycles. The molecule has 2 aromatic heterocycles. The minimum atomic E-state index is -0.0219. The van der Waals surface area contributed by atoms with Crippen molar-refractivity contribution in [2.75, 3.05) is 0 Å². The predicted octanol–water partition coefficient (Wildman–Crippen LogP) is 5.03. The molecule has 0 saturated heterocycles. The molecule has 8 nitrogen and oxygen atoms in total. The zero-order valence-electron chi connectivity index (χ0n) is 20.2. The van der Waals surface area contributed by atoms with Crippen LogP contribution in [-0.2, 0) is 13.0 Å². The molecule has 2 aromatic carbocycles. The lowest BCUT2D eigenvalue weighted by molar-refractivity contribution is 0.456. The van der Waals surface area contributed by atoms with Gasteiger partial charge in [-0.25, -0.2) is 9.48 Å². The summed E-state index contributed by atoms with van der Waals surface area (Å²) >= 11 is 0. The molecule has 4 rings (SSSR count). The number of aromatic nitrogens is 7. The topological polar surface area (TPSA) is 94.3 Å². The van der Waals surface area contributed by atoms with Gasteiger partial charge in [0.25, 0.3) is 0 Å². The van der Waals surface area contributed by atoms with Gasteiger partial charge in [-0.15, -0.1) is 10.2 Å². The maximum atomic E-state index is 13.2. The minimum Gasteiger partial charge on any atom is -0.274 e. The summed E-state index contributed by atoms with van der Waals surface area (Å²) in [5.74, 6) is 1.45. The van der Waals surface area contributed by atoms with Gasteiger partial charge in [0, 0.05) is 12.0 Å². The Morgan fingerprint density at radius 2 is 1.74 bits per heavy atom. The first-order valence-corrected chi connectivity index (χ1v) is 12.2. The zero-order valence-corrected chi connectivity index (χ0v) is 20.2. The monoisotopic (exact) mass is 459 g/mol. The quantitative estimate of drug-likeness (QED) is 0.317. The summed E-state index contributed by atoms with van der Waals surface area (Å²) in [6, 6.07) is 16.4. The fraction of sp³-hybridized carbons (Fsp3) is 0.423. The number of H-pyrrole nitrogens is 1. The molecule has 0 spiro atoms. The number of benzene rings is 2. The van der Waals surface area contributed by atoms with E-state index in [9.17, 15) is 4.79 Å². The van der Waals surface area contributed by atoms with E-state index in [1.165, 1.54) is 12.8 Å². The molecule has 1 atom stereocenters. The molecule has 1 N–H and O–H groups in total. The molecule has 0 fully saturated rings. The second-order valence-electron chi connectivity index (χ2n) is 8.78. The number of aromatic amines is 1. The molecule has 0 aliphatic heterocycles. The maximum absolute atomic E-state index is 13.2. The largest absolute Gasteiger partial charge is 0.346 e. The van der Waals surface area contributed by atoms with E-state index in [-0.39, 0.29) is 11.7 Å². The van der Waals surface area contributed by atoms with Gasteiger partial charge in [-0.3, -0.25) is 4.57 Å². The molecule has 0 radical (unpaired) electrons. The molecule has 0 aliphatic rings. The van der Waals surface area contributed by atoms with Crippen molar-refractivity contribution >= 4 is 0 Å². The van der Waals surface area contributed by atoms with Crippen molar-refractivity contribution in [1.82, 2.24) is 35.0 Å². The van der Waals surface area contributed by atoms with Crippen molar-refractivity contribution in [2.24, 2.45) is 0 Å². The van der Waals surface area contributed by atoms with Gasteiger partial charge < -0.3 is 0 Å².